The number of methoxy groups -OCH3 is 1. The monoisotopic (exact) mass is 314 g/mol. The predicted octanol–water partition coefficient (Wildman–Crippen LogP) is 2.98. The first-order chi connectivity index (χ1) is 8.44. The van der Waals surface area contributed by atoms with Crippen molar-refractivity contribution >= 4 is 21.9 Å². The molecule has 1 aromatic carbocycles. The molecule has 0 radical (unpaired) electrons. The van der Waals surface area contributed by atoms with E-state index in [0.29, 0.717) is 28.6 Å². The Kier molecular flexibility index (Phi) is 3.27. The van der Waals surface area contributed by atoms with E-state index < -0.39 is 11.4 Å². The number of carbonyl (C=O) groups is 1. The number of benzene rings is 1. The van der Waals surface area contributed by atoms with Crippen molar-refractivity contribution in [1.82, 2.24) is 0 Å². The summed E-state index contributed by atoms with van der Waals surface area (Å²) in [5, 5.41) is 19.5. The van der Waals surface area contributed by atoms with Crippen molar-refractivity contribution in [3.8, 4) is 11.5 Å². The van der Waals surface area contributed by atoms with Crippen molar-refractivity contribution in [1.29, 1.82) is 0 Å². The molecule has 0 bridgehead atoms. The largest absolute Gasteiger partial charge is 0.503 e. The van der Waals surface area contributed by atoms with Gasteiger partial charge in [-0.3, -0.25) is 4.79 Å². The standard InChI is InChI=1S/C13H15BrO4/c1-7-6-8(18-2)11(15)10(14)9(7)13(12(16)17)4-3-5-13/h6,15H,3-5H2,1-2H3,(H,16,17). The zero-order valence-corrected chi connectivity index (χ0v) is 11.9. The minimum atomic E-state index is -0.868. The Morgan fingerprint density at radius 3 is 2.50 bits per heavy atom. The van der Waals surface area contributed by atoms with Gasteiger partial charge in [-0.15, -0.1) is 0 Å². The molecular weight excluding hydrogens is 300 g/mol. The number of ether oxygens (including phenoxy) is 1. The van der Waals surface area contributed by atoms with Crippen molar-refractivity contribution in [2.45, 2.75) is 31.6 Å². The highest BCUT2D eigenvalue weighted by molar-refractivity contribution is 9.10. The molecule has 18 heavy (non-hydrogen) atoms. The van der Waals surface area contributed by atoms with E-state index >= 15 is 0 Å². The van der Waals surface area contributed by atoms with E-state index in [2.05, 4.69) is 15.9 Å². The lowest BCUT2D eigenvalue weighted by Crippen LogP contribution is -2.43. The van der Waals surface area contributed by atoms with Crippen molar-refractivity contribution in [3.05, 3.63) is 21.7 Å². The molecule has 0 unspecified atom stereocenters. The topological polar surface area (TPSA) is 66.8 Å². The van der Waals surface area contributed by atoms with Crippen molar-refractivity contribution in [2.24, 2.45) is 0 Å². The first kappa shape index (κ1) is 13.2. The molecule has 0 amide bonds. The second kappa shape index (κ2) is 4.46. The molecular formula is C13H15BrO4. The number of phenolic OH excluding ortho intramolecular Hbond substituents is 1. The van der Waals surface area contributed by atoms with Gasteiger partial charge in [0.05, 0.1) is 17.0 Å². The Morgan fingerprint density at radius 2 is 2.11 bits per heavy atom. The van der Waals surface area contributed by atoms with Gasteiger partial charge in [-0.05, 0) is 52.9 Å². The third-order valence-corrected chi connectivity index (χ3v) is 4.49. The number of phenols is 1. The fourth-order valence-corrected chi connectivity index (χ4v) is 3.47. The molecule has 4 nitrogen and oxygen atoms in total. The maximum atomic E-state index is 11.5. The minimum absolute atomic E-state index is 0.0365. The number of carboxylic acids is 1. The molecule has 1 aromatic rings. The van der Waals surface area contributed by atoms with Crippen molar-refractivity contribution in [3.63, 3.8) is 0 Å². The van der Waals surface area contributed by atoms with E-state index in [0.717, 1.165) is 12.0 Å². The zero-order chi connectivity index (χ0) is 13.5. The van der Waals surface area contributed by atoms with E-state index in [1.54, 1.807) is 6.07 Å². The second-order valence-electron chi connectivity index (χ2n) is 4.67. The van der Waals surface area contributed by atoms with Crippen LogP contribution in [0.4, 0.5) is 0 Å². The number of aryl methyl sites for hydroxylation is 1. The summed E-state index contributed by atoms with van der Waals surface area (Å²) in [4.78, 5) is 11.5. The number of aliphatic carboxylic acids is 1. The Balaban J connectivity index is 2.65. The van der Waals surface area contributed by atoms with Crippen LogP contribution in [0.25, 0.3) is 0 Å². The summed E-state index contributed by atoms with van der Waals surface area (Å²) in [6.45, 7) is 1.84. The third-order valence-electron chi connectivity index (χ3n) is 3.72. The normalized spacial score (nSPS) is 17.1. The van der Waals surface area contributed by atoms with Crippen LogP contribution in [0.2, 0.25) is 0 Å². The summed E-state index contributed by atoms with van der Waals surface area (Å²) in [7, 11) is 1.47. The number of hydrogen-bond donors (Lipinski definition) is 2. The van der Waals surface area contributed by atoms with Gasteiger partial charge in [0.1, 0.15) is 0 Å². The Hall–Kier alpha value is -1.23. The number of hydrogen-bond acceptors (Lipinski definition) is 3. The number of rotatable bonds is 3. The van der Waals surface area contributed by atoms with E-state index in [9.17, 15) is 15.0 Å². The first-order valence-corrected chi connectivity index (χ1v) is 6.53. The van der Waals surface area contributed by atoms with Gasteiger partial charge in [-0.1, -0.05) is 6.42 Å². The quantitative estimate of drug-likeness (QED) is 0.900. The van der Waals surface area contributed by atoms with Gasteiger partial charge in [0.15, 0.2) is 11.5 Å². The Labute approximate surface area is 114 Å². The van der Waals surface area contributed by atoms with Crippen LogP contribution in [-0.4, -0.2) is 23.3 Å². The van der Waals surface area contributed by atoms with E-state index in [4.69, 9.17) is 4.74 Å². The molecule has 1 saturated carbocycles. The van der Waals surface area contributed by atoms with Crippen molar-refractivity contribution in [2.75, 3.05) is 7.11 Å². The number of aromatic hydroxyl groups is 1. The summed E-state index contributed by atoms with van der Waals surface area (Å²) in [6.07, 6.45) is 2.10. The highest BCUT2D eigenvalue weighted by atomic mass is 79.9. The zero-order valence-electron chi connectivity index (χ0n) is 10.3. The molecule has 0 spiro atoms. The minimum Gasteiger partial charge on any atom is -0.503 e. The van der Waals surface area contributed by atoms with Crippen LogP contribution < -0.4 is 4.74 Å². The van der Waals surface area contributed by atoms with Gasteiger partial charge in [0.25, 0.3) is 0 Å². The fraction of sp³-hybridized carbons (Fsp3) is 0.462. The van der Waals surface area contributed by atoms with Crippen LogP contribution in [0, 0.1) is 6.92 Å². The van der Waals surface area contributed by atoms with Gasteiger partial charge >= 0.3 is 5.97 Å². The summed E-state index contributed by atoms with van der Waals surface area (Å²) >= 11 is 3.31. The van der Waals surface area contributed by atoms with Gasteiger partial charge in [-0.2, -0.15) is 0 Å². The molecule has 1 aliphatic carbocycles. The average Bonchev–Trinajstić information content (AvgIpc) is 2.26. The van der Waals surface area contributed by atoms with E-state index in [1.807, 2.05) is 6.92 Å². The van der Waals surface area contributed by atoms with Crippen LogP contribution in [0.3, 0.4) is 0 Å². The summed E-state index contributed by atoms with van der Waals surface area (Å²) in [5.74, 6) is -0.518. The smallest absolute Gasteiger partial charge is 0.314 e. The number of carboxylic acid groups (broad SMARTS) is 1. The average molecular weight is 315 g/mol. The van der Waals surface area contributed by atoms with Crippen LogP contribution in [-0.2, 0) is 10.2 Å². The summed E-state index contributed by atoms with van der Waals surface area (Å²) < 4.78 is 5.49. The Morgan fingerprint density at radius 1 is 1.50 bits per heavy atom. The lowest BCUT2D eigenvalue weighted by Gasteiger charge is -2.40. The number of halogens is 1. The molecule has 0 atom stereocenters. The van der Waals surface area contributed by atoms with E-state index in [1.165, 1.54) is 7.11 Å². The Bertz CT molecular complexity index is 506. The second-order valence-corrected chi connectivity index (χ2v) is 5.47. The lowest BCUT2D eigenvalue weighted by molar-refractivity contribution is -0.147. The van der Waals surface area contributed by atoms with Crippen LogP contribution >= 0.6 is 15.9 Å². The fourth-order valence-electron chi connectivity index (χ4n) is 2.58. The molecule has 5 heteroatoms. The summed E-state index contributed by atoms with van der Waals surface area (Å²) in [6, 6.07) is 1.68. The highest BCUT2D eigenvalue weighted by Gasteiger charge is 2.48. The molecule has 0 saturated heterocycles. The molecule has 98 valence electrons. The van der Waals surface area contributed by atoms with Gasteiger partial charge in [0, 0.05) is 0 Å². The van der Waals surface area contributed by atoms with Gasteiger partial charge in [0.2, 0.25) is 0 Å². The molecule has 2 N–H and O–H groups in total. The summed E-state index contributed by atoms with van der Waals surface area (Å²) in [5.41, 5.74) is 0.616. The molecule has 1 aliphatic rings. The maximum absolute atomic E-state index is 11.5. The van der Waals surface area contributed by atoms with Crippen LogP contribution in [0.5, 0.6) is 11.5 Å². The van der Waals surface area contributed by atoms with Gasteiger partial charge in [-0.25, -0.2) is 0 Å². The SMILES string of the molecule is COc1cc(C)c(C2(C(=O)O)CCC2)c(Br)c1O. The van der Waals surface area contributed by atoms with Crippen LogP contribution in [0.15, 0.2) is 10.5 Å². The highest BCUT2D eigenvalue weighted by Crippen LogP contribution is 2.51. The molecule has 2 rings (SSSR count). The molecule has 0 heterocycles. The molecule has 0 aliphatic heterocycles. The van der Waals surface area contributed by atoms with Crippen LogP contribution in [0.1, 0.15) is 30.4 Å². The third kappa shape index (κ3) is 1.68. The maximum Gasteiger partial charge on any atom is 0.314 e. The van der Waals surface area contributed by atoms with E-state index in [-0.39, 0.29) is 5.75 Å². The van der Waals surface area contributed by atoms with Crippen molar-refractivity contribution < 1.29 is 19.7 Å². The molecule has 0 aromatic heterocycles. The predicted molar refractivity (Wildman–Crippen MR) is 70.3 cm³/mol. The van der Waals surface area contributed by atoms with Gasteiger partial charge < -0.3 is 14.9 Å². The first-order valence-electron chi connectivity index (χ1n) is 5.74. The lowest BCUT2D eigenvalue weighted by atomic mass is 9.63. The molecule has 1 fully saturated rings.